The van der Waals surface area contributed by atoms with Crippen molar-refractivity contribution in [2.24, 2.45) is 0 Å². The molecule has 0 amide bonds. The molecule has 0 saturated carbocycles. The van der Waals surface area contributed by atoms with Gasteiger partial charge in [-0.25, -0.2) is 4.98 Å². The van der Waals surface area contributed by atoms with E-state index in [0.29, 0.717) is 18.1 Å². The highest BCUT2D eigenvalue weighted by molar-refractivity contribution is 5.29. The van der Waals surface area contributed by atoms with E-state index in [4.69, 9.17) is 14.7 Å². The minimum Gasteiger partial charge on any atom is -0.491 e. The Hall–Kier alpha value is -1.60. The van der Waals surface area contributed by atoms with Crippen molar-refractivity contribution in [1.82, 2.24) is 4.98 Å². The largest absolute Gasteiger partial charge is 0.491 e. The Morgan fingerprint density at radius 1 is 1.56 bits per heavy atom. The molecular weight excluding hydrogens is 204 g/mol. The van der Waals surface area contributed by atoms with Crippen LogP contribution in [0.25, 0.3) is 0 Å². The zero-order valence-corrected chi connectivity index (χ0v) is 9.06. The monoisotopic (exact) mass is 218 g/mol. The van der Waals surface area contributed by atoms with Crippen LogP contribution < -0.4 is 4.74 Å². The summed E-state index contributed by atoms with van der Waals surface area (Å²) >= 11 is 0. The van der Waals surface area contributed by atoms with Crippen molar-refractivity contribution in [3.63, 3.8) is 0 Å². The maximum atomic E-state index is 8.69. The highest BCUT2D eigenvalue weighted by atomic mass is 16.5. The van der Waals surface area contributed by atoms with Gasteiger partial charge in [0.05, 0.1) is 6.10 Å². The van der Waals surface area contributed by atoms with E-state index >= 15 is 0 Å². The quantitative estimate of drug-likeness (QED) is 0.777. The van der Waals surface area contributed by atoms with Gasteiger partial charge in [-0.05, 0) is 25.3 Å². The van der Waals surface area contributed by atoms with Gasteiger partial charge in [-0.1, -0.05) is 0 Å². The minimum absolute atomic E-state index is 0.187. The number of ether oxygens (including phenoxy) is 2. The molecule has 2 rings (SSSR count). The average molecular weight is 218 g/mol. The lowest BCUT2D eigenvalue weighted by atomic mass is 10.1. The summed E-state index contributed by atoms with van der Waals surface area (Å²) in [5, 5.41) is 8.69. The summed E-state index contributed by atoms with van der Waals surface area (Å²) in [6.45, 7) is 1.38. The Kier molecular flexibility index (Phi) is 3.73. The molecular formula is C12H14N2O2. The number of pyridine rings is 1. The normalized spacial score (nSPS) is 20.1. The zero-order chi connectivity index (χ0) is 11.2. The van der Waals surface area contributed by atoms with Crippen LogP contribution in [0.5, 0.6) is 5.75 Å². The molecule has 1 aliphatic rings. The molecule has 0 bridgehead atoms. The van der Waals surface area contributed by atoms with Crippen LogP contribution in [0, 0.1) is 11.3 Å². The zero-order valence-electron chi connectivity index (χ0n) is 9.06. The number of aromatic nitrogens is 1. The van der Waals surface area contributed by atoms with E-state index < -0.39 is 0 Å². The molecule has 0 spiro atoms. The van der Waals surface area contributed by atoms with Gasteiger partial charge in [0, 0.05) is 18.9 Å². The van der Waals surface area contributed by atoms with Gasteiger partial charge < -0.3 is 9.47 Å². The number of rotatable bonds is 3. The Balaban J connectivity index is 1.86. The molecule has 84 valence electrons. The van der Waals surface area contributed by atoms with Gasteiger partial charge >= 0.3 is 0 Å². The molecule has 2 heterocycles. The van der Waals surface area contributed by atoms with Gasteiger partial charge in [0.1, 0.15) is 24.1 Å². The van der Waals surface area contributed by atoms with E-state index in [1.807, 2.05) is 6.07 Å². The molecule has 1 aromatic heterocycles. The molecule has 1 aliphatic heterocycles. The number of nitrogens with zero attached hydrogens (tertiary/aromatic N) is 2. The minimum atomic E-state index is 0.187. The Morgan fingerprint density at radius 3 is 3.25 bits per heavy atom. The van der Waals surface area contributed by atoms with E-state index in [-0.39, 0.29) is 6.10 Å². The first kappa shape index (κ1) is 10.9. The Bertz CT molecular complexity index is 381. The molecule has 4 heteroatoms. The first-order valence-electron chi connectivity index (χ1n) is 5.49. The maximum absolute atomic E-state index is 8.69. The van der Waals surface area contributed by atoms with Crippen LogP contribution in [-0.2, 0) is 4.74 Å². The third kappa shape index (κ3) is 2.94. The molecule has 4 nitrogen and oxygen atoms in total. The molecule has 1 unspecified atom stereocenters. The summed E-state index contributed by atoms with van der Waals surface area (Å²) in [5.74, 6) is 0.681. The van der Waals surface area contributed by atoms with E-state index in [1.54, 1.807) is 18.3 Å². The molecule has 0 radical (unpaired) electrons. The molecule has 1 fully saturated rings. The van der Waals surface area contributed by atoms with Gasteiger partial charge in [0.25, 0.3) is 0 Å². The predicted molar refractivity (Wildman–Crippen MR) is 58.0 cm³/mol. The van der Waals surface area contributed by atoms with Crippen molar-refractivity contribution in [3.8, 4) is 11.8 Å². The summed E-state index contributed by atoms with van der Waals surface area (Å²) in [5.41, 5.74) is 0.377. The van der Waals surface area contributed by atoms with Gasteiger partial charge in [-0.15, -0.1) is 0 Å². The van der Waals surface area contributed by atoms with Crippen molar-refractivity contribution >= 4 is 0 Å². The topological polar surface area (TPSA) is 55.1 Å². The number of nitriles is 1. The SMILES string of the molecule is N#Cc1cc(OCC2CCCCO2)ccn1. The molecule has 16 heavy (non-hydrogen) atoms. The highest BCUT2D eigenvalue weighted by Gasteiger charge is 2.14. The van der Waals surface area contributed by atoms with Crippen molar-refractivity contribution < 1.29 is 9.47 Å². The first-order valence-corrected chi connectivity index (χ1v) is 5.49. The Morgan fingerprint density at radius 2 is 2.50 bits per heavy atom. The summed E-state index contributed by atoms with van der Waals surface area (Å²) < 4.78 is 11.1. The van der Waals surface area contributed by atoms with Gasteiger partial charge in [-0.3, -0.25) is 0 Å². The molecule has 0 aromatic carbocycles. The van der Waals surface area contributed by atoms with Crippen LogP contribution >= 0.6 is 0 Å². The lowest BCUT2D eigenvalue weighted by Crippen LogP contribution is -2.25. The van der Waals surface area contributed by atoms with Gasteiger partial charge in [0.15, 0.2) is 0 Å². The lowest BCUT2D eigenvalue weighted by molar-refractivity contribution is -0.0110. The van der Waals surface area contributed by atoms with Crippen molar-refractivity contribution in [3.05, 3.63) is 24.0 Å². The van der Waals surface area contributed by atoms with E-state index in [0.717, 1.165) is 19.4 Å². The third-order valence-corrected chi connectivity index (χ3v) is 2.56. The lowest BCUT2D eigenvalue weighted by Gasteiger charge is -2.22. The van der Waals surface area contributed by atoms with Gasteiger partial charge in [0.2, 0.25) is 0 Å². The molecule has 0 N–H and O–H groups in total. The molecule has 0 aliphatic carbocycles. The van der Waals surface area contributed by atoms with Crippen LogP contribution in [0.4, 0.5) is 0 Å². The van der Waals surface area contributed by atoms with Crippen molar-refractivity contribution in [2.75, 3.05) is 13.2 Å². The van der Waals surface area contributed by atoms with Crippen LogP contribution in [0.3, 0.4) is 0 Å². The van der Waals surface area contributed by atoms with E-state index in [1.165, 1.54) is 6.42 Å². The number of hydrogen-bond donors (Lipinski definition) is 0. The summed E-state index contributed by atoms with van der Waals surface area (Å²) in [6, 6.07) is 5.38. The maximum Gasteiger partial charge on any atom is 0.144 e. The Labute approximate surface area is 94.8 Å². The highest BCUT2D eigenvalue weighted by Crippen LogP contribution is 2.15. The van der Waals surface area contributed by atoms with Crippen LogP contribution in [0.15, 0.2) is 18.3 Å². The second-order valence-corrected chi connectivity index (χ2v) is 3.79. The fourth-order valence-corrected chi connectivity index (χ4v) is 1.69. The third-order valence-electron chi connectivity index (χ3n) is 2.56. The second kappa shape index (κ2) is 5.47. The summed E-state index contributed by atoms with van der Waals surface area (Å²) in [7, 11) is 0. The summed E-state index contributed by atoms with van der Waals surface area (Å²) in [4.78, 5) is 3.88. The standard InChI is InChI=1S/C12H14N2O2/c13-8-10-7-11(4-5-14-10)16-9-12-3-1-2-6-15-12/h4-5,7,12H,1-3,6,9H2. The van der Waals surface area contributed by atoms with Crippen LogP contribution in [-0.4, -0.2) is 24.3 Å². The smallest absolute Gasteiger partial charge is 0.144 e. The molecule has 1 atom stereocenters. The van der Waals surface area contributed by atoms with Crippen molar-refractivity contribution in [1.29, 1.82) is 5.26 Å². The number of hydrogen-bond acceptors (Lipinski definition) is 4. The van der Waals surface area contributed by atoms with Gasteiger partial charge in [-0.2, -0.15) is 5.26 Å². The fraction of sp³-hybridized carbons (Fsp3) is 0.500. The first-order chi connectivity index (χ1) is 7.88. The van der Waals surface area contributed by atoms with Crippen molar-refractivity contribution in [2.45, 2.75) is 25.4 Å². The van der Waals surface area contributed by atoms with E-state index in [9.17, 15) is 0 Å². The van der Waals surface area contributed by atoms with Crippen LogP contribution in [0.1, 0.15) is 25.0 Å². The fourth-order valence-electron chi connectivity index (χ4n) is 1.69. The van der Waals surface area contributed by atoms with Crippen LogP contribution in [0.2, 0.25) is 0 Å². The predicted octanol–water partition coefficient (Wildman–Crippen LogP) is 1.90. The second-order valence-electron chi connectivity index (χ2n) is 3.79. The summed E-state index contributed by atoms with van der Waals surface area (Å²) in [6.07, 6.45) is 5.16. The molecule has 1 saturated heterocycles. The van der Waals surface area contributed by atoms with E-state index in [2.05, 4.69) is 4.98 Å². The molecule has 1 aromatic rings. The average Bonchev–Trinajstić information content (AvgIpc) is 2.38.